The number of phenols is 1. The van der Waals surface area contributed by atoms with Gasteiger partial charge in [-0.2, -0.15) is 0 Å². The van der Waals surface area contributed by atoms with Crippen LogP contribution in [0.5, 0.6) is 5.75 Å². The van der Waals surface area contributed by atoms with Crippen LogP contribution in [0.25, 0.3) is 0 Å². The summed E-state index contributed by atoms with van der Waals surface area (Å²) in [6, 6.07) is 8.97. The Balaban J connectivity index is 2.44. The molecule has 0 aliphatic rings. The Hall–Kier alpha value is -1.71. The Bertz CT molecular complexity index is 741. The summed E-state index contributed by atoms with van der Waals surface area (Å²) in [5.74, 6) is -0.649. The third-order valence-corrected chi connectivity index (χ3v) is 4.66. The molecule has 0 heterocycles. The number of ether oxygens (including phenoxy) is 1. The second-order valence-corrected chi connectivity index (χ2v) is 6.31. The SMILES string of the molecule is COC(=O)c1c(O)cc(C)c(CC(Cl)c2ccccc2Cl)c1C. The average Bonchev–Trinajstić information content (AvgIpc) is 2.51. The largest absolute Gasteiger partial charge is 0.507 e. The van der Waals surface area contributed by atoms with E-state index >= 15 is 0 Å². The van der Waals surface area contributed by atoms with E-state index in [2.05, 4.69) is 0 Å². The Morgan fingerprint density at radius 1 is 1.30 bits per heavy atom. The van der Waals surface area contributed by atoms with Gasteiger partial charge in [0.1, 0.15) is 11.3 Å². The molecule has 0 aliphatic heterocycles. The van der Waals surface area contributed by atoms with Gasteiger partial charge in [0.2, 0.25) is 0 Å². The first kappa shape index (κ1) is 17.6. The van der Waals surface area contributed by atoms with Crippen molar-refractivity contribution in [3.63, 3.8) is 0 Å². The molecule has 1 atom stereocenters. The van der Waals surface area contributed by atoms with Crippen LogP contribution in [-0.2, 0) is 11.2 Å². The number of rotatable bonds is 4. The summed E-state index contributed by atoms with van der Waals surface area (Å²) in [6.07, 6.45) is 0.493. The smallest absolute Gasteiger partial charge is 0.341 e. The number of methoxy groups -OCH3 is 1. The van der Waals surface area contributed by atoms with E-state index in [4.69, 9.17) is 27.9 Å². The summed E-state index contributed by atoms with van der Waals surface area (Å²) in [7, 11) is 1.29. The molecule has 0 amide bonds. The van der Waals surface area contributed by atoms with E-state index in [0.717, 1.165) is 16.7 Å². The number of hydrogen-bond acceptors (Lipinski definition) is 3. The average molecular weight is 353 g/mol. The lowest BCUT2D eigenvalue weighted by molar-refractivity contribution is 0.0596. The van der Waals surface area contributed by atoms with Gasteiger partial charge in [0.05, 0.1) is 12.5 Å². The predicted molar refractivity (Wildman–Crippen MR) is 92.7 cm³/mol. The maximum absolute atomic E-state index is 11.9. The summed E-state index contributed by atoms with van der Waals surface area (Å²) < 4.78 is 4.75. The van der Waals surface area contributed by atoms with Crippen LogP contribution in [0.3, 0.4) is 0 Å². The first-order valence-electron chi connectivity index (χ1n) is 7.15. The van der Waals surface area contributed by atoms with Crippen molar-refractivity contribution in [1.29, 1.82) is 0 Å². The number of hydrogen-bond donors (Lipinski definition) is 1. The minimum absolute atomic E-state index is 0.0838. The van der Waals surface area contributed by atoms with E-state index in [1.165, 1.54) is 7.11 Å². The van der Waals surface area contributed by atoms with Crippen LogP contribution in [0.1, 0.15) is 38.0 Å². The van der Waals surface area contributed by atoms with Crippen LogP contribution in [0.15, 0.2) is 30.3 Å². The highest BCUT2D eigenvalue weighted by Gasteiger charge is 2.22. The van der Waals surface area contributed by atoms with Gasteiger partial charge in [0, 0.05) is 5.02 Å². The molecule has 0 spiro atoms. The number of esters is 1. The fourth-order valence-electron chi connectivity index (χ4n) is 2.70. The monoisotopic (exact) mass is 352 g/mol. The molecule has 0 saturated heterocycles. The molecule has 3 nitrogen and oxygen atoms in total. The Kier molecular flexibility index (Phi) is 5.55. The third-order valence-electron chi connectivity index (χ3n) is 3.93. The van der Waals surface area contributed by atoms with E-state index in [9.17, 15) is 9.90 Å². The predicted octanol–water partition coefficient (Wildman–Crippen LogP) is 4.97. The van der Waals surface area contributed by atoms with Gasteiger partial charge in [0.15, 0.2) is 0 Å². The van der Waals surface area contributed by atoms with Crippen molar-refractivity contribution < 1.29 is 14.6 Å². The van der Waals surface area contributed by atoms with Gasteiger partial charge < -0.3 is 9.84 Å². The van der Waals surface area contributed by atoms with E-state index in [1.807, 2.05) is 25.1 Å². The normalized spacial score (nSPS) is 12.0. The zero-order valence-electron chi connectivity index (χ0n) is 13.2. The van der Waals surface area contributed by atoms with Crippen LogP contribution in [0.2, 0.25) is 5.02 Å². The Morgan fingerprint density at radius 2 is 1.96 bits per heavy atom. The molecule has 0 fully saturated rings. The number of aryl methyl sites for hydroxylation is 1. The molecule has 23 heavy (non-hydrogen) atoms. The van der Waals surface area contributed by atoms with Crippen LogP contribution in [0.4, 0.5) is 0 Å². The maximum Gasteiger partial charge on any atom is 0.341 e. The number of carbonyl (C=O) groups is 1. The van der Waals surface area contributed by atoms with Crippen molar-refractivity contribution in [3.05, 3.63) is 63.2 Å². The van der Waals surface area contributed by atoms with Crippen LogP contribution < -0.4 is 0 Å². The van der Waals surface area contributed by atoms with Gasteiger partial charge in [-0.1, -0.05) is 29.8 Å². The standard InChI is InChI=1S/C18H18Cl2O3/c1-10-8-16(21)17(18(22)23-3)11(2)13(10)9-15(20)12-6-4-5-7-14(12)19/h4-8,15,21H,9H2,1-3H3. The summed E-state index contributed by atoms with van der Waals surface area (Å²) in [5, 5.41) is 10.3. The zero-order chi connectivity index (χ0) is 17.1. The fourth-order valence-corrected chi connectivity index (χ4v) is 3.36. The highest BCUT2D eigenvalue weighted by molar-refractivity contribution is 6.32. The molecule has 2 rings (SSSR count). The summed E-state index contributed by atoms with van der Waals surface area (Å²) >= 11 is 12.7. The fraction of sp³-hybridized carbons (Fsp3) is 0.278. The lowest BCUT2D eigenvalue weighted by Gasteiger charge is -2.18. The molecule has 1 N–H and O–H groups in total. The minimum atomic E-state index is -0.565. The van der Waals surface area contributed by atoms with E-state index in [0.29, 0.717) is 17.0 Å². The molecular formula is C18H18Cl2O3. The first-order valence-corrected chi connectivity index (χ1v) is 7.97. The quantitative estimate of drug-likeness (QED) is 0.623. The molecule has 2 aromatic rings. The van der Waals surface area contributed by atoms with Gasteiger partial charge in [-0.3, -0.25) is 0 Å². The second kappa shape index (κ2) is 7.24. The topological polar surface area (TPSA) is 46.5 Å². The molecule has 1 unspecified atom stereocenters. The van der Waals surface area contributed by atoms with Gasteiger partial charge in [-0.25, -0.2) is 4.79 Å². The lowest BCUT2D eigenvalue weighted by atomic mass is 9.92. The van der Waals surface area contributed by atoms with Crippen molar-refractivity contribution in [2.24, 2.45) is 0 Å². The molecule has 122 valence electrons. The summed E-state index contributed by atoms with van der Waals surface area (Å²) in [6.45, 7) is 3.66. The Morgan fingerprint density at radius 3 is 2.57 bits per heavy atom. The zero-order valence-corrected chi connectivity index (χ0v) is 14.7. The lowest BCUT2D eigenvalue weighted by Crippen LogP contribution is -2.09. The van der Waals surface area contributed by atoms with Gasteiger partial charge in [-0.05, 0) is 54.7 Å². The number of phenolic OH excluding ortho intramolecular Hbond substituents is 1. The number of benzene rings is 2. The van der Waals surface area contributed by atoms with Crippen LogP contribution in [0, 0.1) is 13.8 Å². The van der Waals surface area contributed by atoms with Crippen LogP contribution in [-0.4, -0.2) is 18.2 Å². The summed E-state index contributed by atoms with van der Waals surface area (Å²) in [5.41, 5.74) is 3.46. The first-order chi connectivity index (χ1) is 10.9. The molecular weight excluding hydrogens is 335 g/mol. The number of carbonyl (C=O) groups excluding carboxylic acids is 1. The molecule has 0 aromatic heterocycles. The number of halogens is 2. The molecule has 0 radical (unpaired) electrons. The van der Waals surface area contributed by atoms with Crippen molar-refractivity contribution in [3.8, 4) is 5.75 Å². The second-order valence-electron chi connectivity index (χ2n) is 5.38. The van der Waals surface area contributed by atoms with Gasteiger partial charge >= 0.3 is 5.97 Å². The van der Waals surface area contributed by atoms with E-state index in [1.54, 1.807) is 19.1 Å². The van der Waals surface area contributed by atoms with Crippen molar-refractivity contribution in [2.75, 3.05) is 7.11 Å². The van der Waals surface area contributed by atoms with E-state index in [-0.39, 0.29) is 16.7 Å². The molecule has 0 saturated carbocycles. The summed E-state index contributed by atoms with van der Waals surface area (Å²) in [4.78, 5) is 11.9. The van der Waals surface area contributed by atoms with Crippen LogP contribution >= 0.6 is 23.2 Å². The van der Waals surface area contributed by atoms with Crippen molar-refractivity contribution >= 4 is 29.2 Å². The highest BCUT2D eigenvalue weighted by Crippen LogP contribution is 2.35. The maximum atomic E-state index is 11.9. The number of alkyl halides is 1. The van der Waals surface area contributed by atoms with Crippen molar-refractivity contribution in [2.45, 2.75) is 25.6 Å². The highest BCUT2D eigenvalue weighted by atomic mass is 35.5. The van der Waals surface area contributed by atoms with E-state index < -0.39 is 5.97 Å². The molecule has 2 aromatic carbocycles. The molecule has 0 bridgehead atoms. The van der Waals surface area contributed by atoms with Crippen molar-refractivity contribution in [1.82, 2.24) is 0 Å². The Labute approximate surface area is 145 Å². The molecule has 0 aliphatic carbocycles. The number of aromatic hydroxyl groups is 1. The van der Waals surface area contributed by atoms with Gasteiger partial charge in [-0.15, -0.1) is 11.6 Å². The molecule has 5 heteroatoms. The third kappa shape index (κ3) is 3.62. The van der Waals surface area contributed by atoms with Gasteiger partial charge in [0.25, 0.3) is 0 Å². The minimum Gasteiger partial charge on any atom is -0.507 e.